The molecule has 0 radical (unpaired) electrons. The van der Waals surface area contributed by atoms with Crippen LogP contribution in [0, 0.1) is 5.92 Å². The molecule has 0 heterocycles. The molecule has 4 heteroatoms. The largest absolute Gasteiger partial charge is 0.353 e. The zero-order chi connectivity index (χ0) is 12.8. The van der Waals surface area contributed by atoms with Crippen molar-refractivity contribution in [1.82, 2.24) is 10.2 Å². The number of ketones is 1. The Morgan fingerprint density at radius 2 is 2.24 bits per heavy atom. The van der Waals surface area contributed by atoms with E-state index >= 15 is 0 Å². The number of carbonyl (C=O) groups is 2. The monoisotopic (exact) mass is 240 g/mol. The molecule has 1 saturated carbocycles. The number of hydrogen-bond acceptors (Lipinski definition) is 3. The maximum atomic E-state index is 11.5. The van der Waals surface area contributed by atoms with Gasteiger partial charge >= 0.3 is 0 Å². The zero-order valence-electron chi connectivity index (χ0n) is 11.2. The summed E-state index contributed by atoms with van der Waals surface area (Å²) in [5.41, 5.74) is 0. The Labute approximate surface area is 104 Å². The smallest absolute Gasteiger partial charge is 0.234 e. The molecule has 1 fully saturated rings. The van der Waals surface area contributed by atoms with Gasteiger partial charge in [-0.3, -0.25) is 14.5 Å². The fraction of sp³-hybridized carbons (Fsp3) is 0.846. The summed E-state index contributed by atoms with van der Waals surface area (Å²) in [4.78, 5) is 25.0. The Hall–Kier alpha value is -0.900. The van der Waals surface area contributed by atoms with Gasteiger partial charge in [-0.25, -0.2) is 0 Å². The van der Waals surface area contributed by atoms with Crippen molar-refractivity contribution >= 4 is 11.7 Å². The first-order valence-corrected chi connectivity index (χ1v) is 6.49. The van der Waals surface area contributed by atoms with Gasteiger partial charge in [0.2, 0.25) is 5.91 Å². The quantitative estimate of drug-likeness (QED) is 0.759. The summed E-state index contributed by atoms with van der Waals surface area (Å²) in [6.07, 6.45) is 3.72. The Morgan fingerprint density at radius 3 is 2.76 bits per heavy atom. The number of likely N-dealkylation sites (N-methyl/N-ethyl adjacent to an activating group) is 1. The van der Waals surface area contributed by atoms with Crippen LogP contribution < -0.4 is 5.32 Å². The summed E-state index contributed by atoms with van der Waals surface area (Å²) in [7, 11) is 1.93. The van der Waals surface area contributed by atoms with Crippen molar-refractivity contribution in [3.63, 3.8) is 0 Å². The van der Waals surface area contributed by atoms with Crippen LogP contribution in [0.5, 0.6) is 0 Å². The number of nitrogens with zero attached hydrogens (tertiary/aromatic N) is 1. The highest BCUT2D eigenvalue weighted by molar-refractivity contribution is 5.82. The fourth-order valence-corrected chi connectivity index (χ4v) is 2.26. The summed E-state index contributed by atoms with van der Waals surface area (Å²) in [6.45, 7) is 5.14. The molecule has 1 atom stereocenters. The molecule has 4 nitrogen and oxygen atoms in total. The minimum Gasteiger partial charge on any atom is -0.353 e. The SMILES string of the molecule is CC(C)NC(=O)CN(C)CCC1CCCC1=O. The summed E-state index contributed by atoms with van der Waals surface area (Å²) < 4.78 is 0. The van der Waals surface area contributed by atoms with Gasteiger partial charge in [0, 0.05) is 18.4 Å². The summed E-state index contributed by atoms with van der Waals surface area (Å²) in [6, 6.07) is 0.187. The Kier molecular flexibility index (Phi) is 5.62. The van der Waals surface area contributed by atoms with E-state index in [9.17, 15) is 9.59 Å². The van der Waals surface area contributed by atoms with Crippen LogP contribution in [0.15, 0.2) is 0 Å². The van der Waals surface area contributed by atoms with E-state index in [1.165, 1.54) is 0 Å². The highest BCUT2D eigenvalue weighted by Gasteiger charge is 2.24. The van der Waals surface area contributed by atoms with E-state index in [1.807, 2.05) is 25.8 Å². The number of rotatable bonds is 6. The first kappa shape index (κ1) is 14.2. The van der Waals surface area contributed by atoms with E-state index in [4.69, 9.17) is 0 Å². The molecule has 0 aliphatic heterocycles. The third-order valence-electron chi connectivity index (χ3n) is 3.15. The lowest BCUT2D eigenvalue weighted by atomic mass is 10.0. The summed E-state index contributed by atoms with van der Waals surface area (Å²) in [5.74, 6) is 0.705. The predicted octanol–water partition coefficient (Wildman–Crippen LogP) is 1.20. The van der Waals surface area contributed by atoms with Crippen LogP contribution in [0.2, 0.25) is 0 Å². The molecule has 1 unspecified atom stereocenters. The second-order valence-electron chi connectivity index (χ2n) is 5.30. The molecule has 0 aromatic carbocycles. The van der Waals surface area contributed by atoms with Crippen LogP contribution in [0.4, 0.5) is 0 Å². The predicted molar refractivity (Wildman–Crippen MR) is 67.7 cm³/mol. The van der Waals surface area contributed by atoms with Crippen molar-refractivity contribution in [2.75, 3.05) is 20.1 Å². The van der Waals surface area contributed by atoms with E-state index in [1.54, 1.807) is 0 Å². The molecule has 0 saturated heterocycles. The molecule has 1 amide bonds. The Bertz CT molecular complexity index is 277. The van der Waals surface area contributed by atoms with E-state index in [2.05, 4.69) is 5.32 Å². The van der Waals surface area contributed by atoms with E-state index < -0.39 is 0 Å². The normalized spacial score (nSPS) is 20.3. The lowest BCUT2D eigenvalue weighted by molar-refractivity contribution is -0.122. The van der Waals surface area contributed by atoms with Crippen molar-refractivity contribution < 1.29 is 9.59 Å². The van der Waals surface area contributed by atoms with Gasteiger partial charge in [-0.1, -0.05) is 0 Å². The number of amides is 1. The molecule has 98 valence electrons. The van der Waals surface area contributed by atoms with Crippen molar-refractivity contribution in [2.45, 2.75) is 45.6 Å². The molecule has 17 heavy (non-hydrogen) atoms. The summed E-state index contributed by atoms with van der Waals surface area (Å²) in [5, 5.41) is 2.86. The molecule has 0 aromatic rings. The van der Waals surface area contributed by atoms with Crippen molar-refractivity contribution in [2.24, 2.45) is 5.92 Å². The third-order valence-corrected chi connectivity index (χ3v) is 3.15. The van der Waals surface area contributed by atoms with Crippen molar-refractivity contribution in [1.29, 1.82) is 0 Å². The van der Waals surface area contributed by atoms with E-state index in [-0.39, 0.29) is 17.9 Å². The summed E-state index contributed by atoms with van der Waals surface area (Å²) >= 11 is 0. The third kappa shape index (κ3) is 5.31. The fourth-order valence-electron chi connectivity index (χ4n) is 2.26. The molecule has 0 aromatic heterocycles. The minimum atomic E-state index is 0.0558. The molecule has 1 N–H and O–H groups in total. The van der Waals surface area contributed by atoms with Gasteiger partial charge in [0.1, 0.15) is 5.78 Å². The molecular weight excluding hydrogens is 216 g/mol. The first-order valence-electron chi connectivity index (χ1n) is 6.49. The highest BCUT2D eigenvalue weighted by Crippen LogP contribution is 2.24. The number of hydrogen-bond donors (Lipinski definition) is 1. The Morgan fingerprint density at radius 1 is 1.53 bits per heavy atom. The van der Waals surface area contributed by atoms with Crippen molar-refractivity contribution in [3.8, 4) is 0 Å². The molecule has 1 aliphatic carbocycles. The van der Waals surface area contributed by atoms with Gasteiger partial charge in [0.15, 0.2) is 0 Å². The molecule has 1 rings (SSSR count). The second kappa shape index (κ2) is 6.74. The zero-order valence-corrected chi connectivity index (χ0v) is 11.2. The van der Waals surface area contributed by atoms with Crippen LogP contribution in [-0.4, -0.2) is 42.8 Å². The highest BCUT2D eigenvalue weighted by atomic mass is 16.2. The van der Waals surface area contributed by atoms with E-state index in [0.717, 1.165) is 32.2 Å². The topological polar surface area (TPSA) is 49.4 Å². The maximum Gasteiger partial charge on any atom is 0.234 e. The second-order valence-corrected chi connectivity index (χ2v) is 5.30. The lowest BCUT2D eigenvalue weighted by Gasteiger charge is -2.18. The van der Waals surface area contributed by atoms with E-state index in [0.29, 0.717) is 12.3 Å². The van der Waals surface area contributed by atoms with Gasteiger partial charge < -0.3 is 5.32 Å². The molecule has 0 spiro atoms. The van der Waals surface area contributed by atoms with Crippen LogP contribution in [0.25, 0.3) is 0 Å². The average molecular weight is 240 g/mol. The lowest BCUT2D eigenvalue weighted by Crippen LogP contribution is -2.39. The molecule has 0 bridgehead atoms. The number of nitrogens with one attached hydrogen (secondary N) is 1. The first-order chi connectivity index (χ1) is 7.99. The van der Waals surface area contributed by atoms with Gasteiger partial charge in [-0.05, 0) is 46.7 Å². The molecular formula is C13H24N2O2. The van der Waals surface area contributed by atoms with Gasteiger partial charge in [-0.2, -0.15) is 0 Å². The standard InChI is InChI=1S/C13H24N2O2/c1-10(2)14-13(17)9-15(3)8-7-11-5-4-6-12(11)16/h10-11H,4-9H2,1-3H3,(H,14,17). The Balaban J connectivity index is 2.18. The van der Waals surface area contributed by atoms with Gasteiger partial charge in [0.25, 0.3) is 0 Å². The number of Topliss-reactive ketones (excluding diaryl/α,β-unsaturated/α-hetero) is 1. The average Bonchev–Trinajstić information content (AvgIpc) is 2.59. The maximum absolute atomic E-state index is 11.5. The van der Waals surface area contributed by atoms with Crippen LogP contribution in [0.3, 0.4) is 0 Å². The van der Waals surface area contributed by atoms with Gasteiger partial charge in [-0.15, -0.1) is 0 Å². The molecule has 1 aliphatic rings. The van der Waals surface area contributed by atoms with Crippen molar-refractivity contribution in [3.05, 3.63) is 0 Å². The van der Waals surface area contributed by atoms with Crippen LogP contribution >= 0.6 is 0 Å². The van der Waals surface area contributed by atoms with Crippen LogP contribution in [0.1, 0.15) is 39.5 Å². The minimum absolute atomic E-state index is 0.0558. The van der Waals surface area contributed by atoms with Crippen LogP contribution in [-0.2, 0) is 9.59 Å². The van der Waals surface area contributed by atoms with Gasteiger partial charge in [0.05, 0.1) is 6.54 Å². The number of carbonyl (C=O) groups excluding carboxylic acids is 2.